The van der Waals surface area contributed by atoms with Crippen molar-refractivity contribution in [2.75, 3.05) is 0 Å². The first-order valence-corrected chi connectivity index (χ1v) is 6.78. The third-order valence-corrected chi connectivity index (χ3v) is 3.07. The second-order valence-electron chi connectivity index (χ2n) is 4.88. The van der Waals surface area contributed by atoms with Crippen LogP contribution in [-0.4, -0.2) is 5.91 Å². The number of nitrogens with zero attached hydrogens (tertiary/aromatic N) is 1. The minimum absolute atomic E-state index is 0.0755. The predicted molar refractivity (Wildman–Crippen MR) is 84.7 cm³/mol. The number of rotatable bonds is 5. The number of aryl methyl sites for hydroxylation is 1. The lowest BCUT2D eigenvalue weighted by Gasteiger charge is -2.07. The molecule has 0 atom stereocenters. The quantitative estimate of drug-likeness (QED) is 0.680. The summed E-state index contributed by atoms with van der Waals surface area (Å²) in [6.07, 6.45) is 1.45. The number of primary amides is 1. The van der Waals surface area contributed by atoms with Crippen molar-refractivity contribution in [1.82, 2.24) is 0 Å². The Kier molecular flexibility index (Phi) is 4.94. The van der Waals surface area contributed by atoms with Crippen molar-refractivity contribution in [1.29, 1.82) is 5.26 Å². The van der Waals surface area contributed by atoms with Gasteiger partial charge in [0.1, 0.15) is 24.0 Å². The van der Waals surface area contributed by atoms with Gasteiger partial charge in [-0.05, 0) is 36.3 Å². The van der Waals surface area contributed by atoms with E-state index >= 15 is 0 Å². The summed E-state index contributed by atoms with van der Waals surface area (Å²) in [6, 6.07) is 17.0. The molecule has 0 unspecified atom stereocenters. The standard InChI is InChI=1S/C18H16N2O2/c1-13-3-2-4-15(9-13)12-22-17-7-5-14(6-8-17)10-16(11-19)18(20)21/h2-10H,12H2,1H3,(H2,20,21)/b16-10+. The zero-order valence-corrected chi connectivity index (χ0v) is 12.2. The zero-order chi connectivity index (χ0) is 15.9. The topological polar surface area (TPSA) is 76.1 Å². The molecular weight excluding hydrogens is 276 g/mol. The first kappa shape index (κ1) is 15.3. The molecule has 0 aliphatic carbocycles. The number of nitriles is 1. The third-order valence-electron chi connectivity index (χ3n) is 3.07. The van der Waals surface area contributed by atoms with Crippen molar-refractivity contribution in [2.24, 2.45) is 5.73 Å². The maximum absolute atomic E-state index is 11.0. The number of nitrogens with two attached hydrogens (primary N) is 1. The van der Waals surface area contributed by atoms with Crippen LogP contribution in [0.25, 0.3) is 6.08 Å². The summed E-state index contributed by atoms with van der Waals surface area (Å²) in [5.74, 6) is -0.0153. The van der Waals surface area contributed by atoms with Crippen LogP contribution in [0.1, 0.15) is 16.7 Å². The molecule has 0 fully saturated rings. The molecule has 22 heavy (non-hydrogen) atoms. The maximum Gasteiger partial charge on any atom is 0.259 e. The van der Waals surface area contributed by atoms with Crippen molar-refractivity contribution in [3.05, 3.63) is 70.8 Å². The van der Waals surface area contributed by atoms with E-state index in [0.29, 0.717) is 6.61 Å². The molecule has 2 N–H and O–H groups in total. The third kappa shape index (κ3) is 4.22. The Morgan fingerprint density at radius 1 is 1.27 bits per heavy atom. The molecule has 2 rings (SSSR count). The molecule has 2 aromatic carbocycles. The fourth-order valence-corrected chi connectivity index (χ4v) is 1.95. The highest BCUT2D eigenvalue weighted by Gasteiger charge is 2.03. The Bertz CT molecular complexity index is 740. The average Bonchev–Trinajstić information content (AvgIpc) is 2.51. The molecular formula is C18H16N2O2. The SMILES string of the molecule is Cc1cccc(COc2ccc(/C=C(\C#N)C(N)=O)cc2)c1. The van der Waals surface area contributed by atoms with Crippen molar-refractivity contribution in [2.45, 2.75) is 13.5 Å². The number of carbonyl (C=O) groups excluding carboxylic acids is 1. The molecule has 0 saturated carbocycles. The van der Waals surface area contributed by atoms with Crippen molar-refractivity contribution in [3.8, 4) is 11.8 Å². The summed E-state index contributed by atoms with van der Waals surface area (Å²) in [5.41, 5.74) is 8.03. The minimum atomic E-state index is -0.734. The monoisotopic (exact) mass is 292 g/mol. The molecule has 0 spiro atoms. The number of benzene rings is 2. The summed E-state index contributed by atoms with van der Waals surface area (Å²) < 4.78 is 5.70. The van der Waals surface area contributed by atoms with Crippen molar-refractivity contribution >= 4 is 12.0 Å². The molecule has 4 nitrogen and oxygen atoms in total. The van der Waals surface area contributed by atoms with E-state index < -0.39 is 5.91 Å². The van der Waals surface area contributed by atoms with E-state index in [9.17, 15) is 4.79 Å². The highest BCUT2D eigenvalue weighted by atomic mass is 16.5. The first-order chi connectivity index (χ1) is 10.6. The van der Waals surface area contributed by atoms with Crippen molar-refractivity contribution in [3.63, 3.8) is 0 Å². The number of amides is 1. The lowest BCUT2D eigenvalue weighted by atomic mass is 10.1. The normalized spacial score (nSPS) is 10.8. The molecule has 1 amide bonds. The van der Waals surface area contributed by atoms with Gasteiger partial charge >= 0.3 is 0 Å². The Hall–Kier alpha value is -3.06. The van der Waals surface area contributed by atoms with Gasteiger partial charge in [-0.1, -0.05) is 42.0 Å². The van der Waals surface area contributed by atoms with Crippen LogP contribution in [0.5, 0.6) is 5.75 Å². The van der Waals surface area contributed by atoms with Gasteiger partial charge in [0, 0.05) is 0 Å². The highest BCUT2D eigenvalue weighted by molar-refractivity contribution is 6.00. The van der Waals surface area contributed by atoms with E-state index in [-0.39, 0.29) is 5.57 Å². The number of hydrogen-bond acceptors (Lipinski definition) is 3. The van der Waals surface area contributed by atoms with Crippen LogP contribution < -0.4 is 10.5 Å². The summed E-state index contributed by atoms with van der Waals surface area (Å²) in [7, 11) is 0. The van der Waals surface area contributed by atoms with E-state index in [1.54, 1.807) is 30.3 Å². The van der Waals surface area contributed by atoms with Gasteiger partial charge in [-0.15, -0.1) is 0 Å². The number of ether oxygens (including phenoxy) is 1. The van der Waals surface area contributed by atoms with E-state index in [1.165, 1.54) is 11.6 Å². The Balaban J connectivity index is 2.03. The number of carbonyl (C=O) groups is 1. The van der Waals surface area contributed by atoms with Crippen LogP contribution in [0.2, 0.25) is 0 Å². The van der Waals surface area contributed by atoms with E-state index in [4.69, 9.17) is 15.7 Å². The largest absolute Gasteiger partial charge is 0.489 e. The van der Waals surface area contributed by atoms with Crippen LogP contribution in [0, 0.1) is 18.3 Å². The Labute approximate surface area is 129 Å². The van der Waals surface area contributed by atoms with Crippen molar-refractivity contribution < 1.29 is 9.53 Å². The predicted octanol–water partition coefficient (Wildman–Crippen LogP) is 2.97. The minimum Gasteiger partial charge on any atom is -0.489 e. The first-order valence-electron chi connectivity index (χ1n) is 6.78. The second kappa shape index (κ2) is 7.09. The Morgan fingerprint density at radius 2 is 2.00 bits per heavy atom. The van der Waals surface area contributed by atoms with Gasteiger partial charge in [-0.25, -0.2) is 0 Å². The van der Waals surface area contributed by atoms with E-state index in [0.717, 1.165) is 16.9 Å². The molecule has 0 radical (unpaired) electrons. The van der Waals surface area contributed by atoms with Gasteiger partial charge in [0.25, 0.3) is 5.91 Å². The van der Waals surface area contributed by atoms with Crippen LogP contribution in [0.15, 0.2) is 54.1 Å². The maximum atomic E-state index is 11.0. The molecule has 2 aromatic rings. The summed E-state index contributed by atoms with van der Waals surface area (Å²) in [6.45, 7) is 2.53. The summed E-state index contributed by atoms with van der Waals surface area (Å²) in [5, 5.41) is 8.80. The van der Waals surface area contributed by atoms with Gasteiger partial charge in [-0.2, -0.15) is 5.26 Å². The van der Waals surface area contributed by atoms with Crippen LogP contribution in [-0.2, 0) is 11.4 Å². The molecule has 110 valence electrons. The molecule has 0 aliphatic heterocycles. The fourth-order valence-electron chi connectivity index (χ4n) is 1.95. The summed E-state index contributed by atoms with van der Waals surface area (Å²) >= 11 is 0. The molecule has 0 aromatic heterocycles. The van der Waals surface area contributed by atoms with E-state index in [1.807, 2.05) is 25.1 Å². The molecule has 0 heterocycles. The average molecular weight is 292 g/mol. The highest BCUT2D eigenvalue weighted by Crippen LogP contribution is 2.16. The van der Waals surface area contributed by atoms with Gasteiger partial charge in [-0.3, -0.25) is 4.79 Å². The Morgan fingerprint density at radius 3 is 2.59 bits per heavy atom. The smallest absolute Gasteiger partial charge is 0.259 e. The second-order valence-corrected chi connectivity index (χ2v) is 4.88. The molecule has 0 aliphatic rings. The van der Waals surface area contributed by atoms with Crippen LogP contribution >= 0.6 is 0 Å². The zero-order valence-electron chi connectivity index (χ0n) is 12.2. The number of hydrogen-bond donors (Lipinski definition) is 1. The van der Waals surface area contributed by atoms with E-state index in [2.05, 4.69) is 6.07 Å². The molecule has 4 heteroatoms. The fraction of sp³-hybridized carbons (Fsp3) is 0.111. The van der Waals surface area contributed by atoms with Crippen LogP contribution in [0.4, 0.5) is 0 Å². The lowest BCUT2D eigenvalue weighted by molar-refractivity contribution is -0.114. The van der Waals surface area contributed by atoms with Gasteiger partial charge < -0.3 is 10.5 Å². The van der Waals surface area contributed by atoms with Gasteiger partial charge in [0.05, 0.1) is 0 Å². The summed E-state index contributed by atoms with van der Waals surface area (Å²) in [4.78, 5) is 11.0. The lowest BCUT2D eigenvalue weighted by Crippen LogP contribution is -2.12. The van der Waals surface area contributed by atoms with Gasteiger partial charge in [0.15, 0.2) is 0 Å². The van der Waals surface area contributed by atoms with Crippen LogP contribution in [0.3, 0.4) is 0 Å². The molecule has 0 bridgehead atoms. The van der Waals surface area contributed by atoms with Gasteiger partial charge in [0.2, 0.25) is 0 Å². The molecule has 0 saturated heterocycles.